The number of nitrogens with zero attached hydrogens (tertiary/aromatic N) is 3. The summed E-state index contributed by atoms with van der Waals surface area (Å²) in [6, 6.07) is 13.9. The number of carbonyl (C=O) groups is 2. The fraction of sp³-hybridized carbons (Fsp3) is 0.111. The van der Waals surface area contributed by atoms with Gasteiger partial charge in [-0.3, -0.25) is 4.79 Å². The Balaban J connectivity index is 1.62. The number of hydrazone groups is 1. The predicted molar refractivity (Wildman–Crippen MR) is 93.6 cm³/mol. The average molecular weight is 336 g/mol. The number of hydrogen-bond acceptors (Lipinski definition) is 4. The van der Waals surface area contributed by atoms with Gasteiger partial charge in [-0.15, -0.1) is 0 Å². The molecule has 0 fully saturated rings. The lowest BCUT2D eigenvalue weighted by Gasteiger charge is -2.01. The van der Waals surface area contributed by atoms with E-state index in [1.165, 1.54) is 18.3 Å². The van der Waals surface area contributed by atoms with Crippen molar-refractivity contribution in [2.24, 2.45) is 12.1 Å². The topological polar surface area (TPSA) is 96.6 Å². The monoisotopic (exact) mass is 336 g/mol. The Morgan fingerprint density at radius 3 is 2.60 bits per heavy atom. The first-order chi connectivity index (χ1) is 12.0. The van der Waals surface area contributed by atoms with Crippen molar-refractivity contribution < 1.29 is 14.7 Å². The van der Waals surface area contributed by atoms with E-state index >= 15 is 0 Å². The number of hydrogen-bond donors (Lipinski definition) is 2. The van der Waals surface area contributed by atoms with Gasteiger partial charge < -0.3 is 9.67 Å². The highest BCUT2D eigenvalue weighted by atomic mass is 16.4. The van der Waals surface area contributed by atoms with Crippen LogP contribution in [-0.2, 0) is 18.3 Å². The van der Waals surface area contributed by atoms with E-state index in [0.29, 0.717) is 11.4 Å². The number of aromatic nitrogens is 2. The molecular weight excluding hydrogens is 320 g/mol. The molecule has 3 rings (SSSR count). The summed E-state index contributed by atoms with van der Waals surface area (Å²) >= 11 is 0. The molecule has 0 unspecified atom stereocenters. The Morgan fingerprint density at radius 1 is 1.20 bits per heavy atom. The molecule has 25 heavy (non-hydrogen) atoms. The first-order valence-corrected chi connectivity index (χ1v) is 7.60. The average Bonchev–Trinajstić information content (AvgIpc) is 2.91. The summed E-state index contributed by atoms with van der Waals surface area (Å²) in [5.74, 6) is -0.615. The van der Waals surface area contributed by atoms with Crippen LogP contribution in [0.2, 0.25) is 0 Å². The van der Waals surface area contributed by atoms with Crippen LogP contribution in [0.5, 0.6) is 0 Å². The van der Waals surface area contributed by atoms with Crippen molar-refractivity contribution in [2.45, 2.75) is 6.42 Å². The number of aromatic carboxylic acids is 1. The van der Waals surface area contributed by atoms with Crippen molar-refractivity contribution in [3.05, 3.63) is 65.5 Å². The van der Waals surface area contributed by atoms with Crippen LogP contribution in [0.15, 0.2) is 53.6 Å². The zero-order valence-electron chi connectivity index (χ0n) is 13.5. The predicted octanol–water partition coefficient (Wildman–Crippen LogP) is 1.96. The van der Waals surface area contributed by atoms with Crippen molar-refractivity contribution in [1.29, 1.82) is 0 Å². The van der Waals surface area contributed by atoms with Gasteiger partial charge in [-0.25, -0.2) is 15.2 Å². The van der Waals surface area contributed by atoms with E-state index < -0.39 is 5.97 Å². The maximum Gasteiger partial charge on any atom is 0.335 e. The van der Waals surface area contributed by atoms with Crippen molar-refractivity contribution in [3.63, 3.8) is 0 Å². The third-order valence-corrected chi connectivity index (χ3v) is 3.76. The van der Waals surface area contributed by atoms with E-state index in [2.05, 4.69) is 15.5 Å². The minimum Gasteiger partial charge on any atom is -0.478 e. The van der Waals surface area contributed by atoms with Gasteiger partial charge in [-0.2, -0.15) is 5.10 Å². The van der Waals surface area contributed by atoms with Crippen LogP contribution in [0, 0.1) is 0 Å². The van der Waals surface area contributed by atoms with E-state index in [1.54, 1.807) is 12.1 Å². The van der Waals surface area contributed by atoms with Gasteiger partial charge in [0.15, 0.2) is 0 Å². The SMILES string of the molecule is Cn1c(CC(=O)N/N=C\c2ccc(C(=O)O)cc2)nc2ccccc21. The van der Waals surface area contributed by atoms with E-state index in [0.717, 1.165) is 11.0 Å². The standard InChI is InChI=1S/C18H16N4O3/c1-22-15-5-3-2-4-14(15)20-16(22)10-17(23)21-19-11-12-6-8-13(9-7-12)18(24)25/h2-9,11H,10H2,1H3,(H,21,23)(H,24,25)/b19-11-. The van der Waals surface area contributed by atoms with Crippen LogP contribution in [0.4, 0.5) is 0 Å². The normalized spacial score (nSPS) is 11.1. The summed E-state index contributed by atoms with van der Waals surface area (Å²) in [6.07, 6.45) is 1.57. The number of para-hydroxylation sites is 2. The number of rotatable bonds is 5. The molecule has 0 saturated carbocycles. The number of carbonyl (C=O) groups excluding carboxylic acids is 1. The fourth-order valence-electron chi connectivity index (χ4n) is 2.43. The molecule has 1 heterocycles. The molecule has 3 aromatic rings. The largest absolute Gasteiger partial charge is 0.478 e. The van der Waals surface area contributed by atoms with Gasteiger partial charge in [0, 0.05) is 7.05 Å². The van der Waals surface area contributed by atoms with Gasteiger partial charge in [0.25, 0.3) is 0 Å². The lowest BCUT2D eigenvalue weighted by Crippen LogP contribution is -2.21. The third-order valence-electron chi connectivity index (χ3n) is 3.76. The maximum absolute atomic E-state index is 12.0. The van der Waals surface area contributed by atoms with Crippen molar-refractivity contribution in [2.75, 3.05) is 0 Å². The number of benzene rings is 2. The molecule has 2 aromatic carbocycles. The molecule has 0 aliphatic heterocycles. The second-order valence-corrected chi connectivity index (χ2v) is 5.47. The molecule has 0 radical (unpaired) electrons. The zero-order chi connectivity index (χ0) is 17.8. The number of fused-ring (bicyclic) bond motifs is 1. The molecule has 2 N–H and O–H groups in total. The Hall–Kier alpha value is -3.48. The second-order valence-electron chi connectivity index (χ2n) is 5.47. The molecule has 7 nitrogen and oxygen atoms in total. The van der Waals surface area contributed by atoms with Crippen LogP contribution in [0.3, 0.4) is 0 Å². The van der Waals surface area contributed by atoms with E-state index in [1.807, 2.05) is 35.9 Å². The summed E-state index contributed by atoms with van der Waals surface area (Å²) < 4.78 is 1.88. The quantitative estimate of drug-likeness (QED) is 0.550. The highest BCUT2D eigenvalue weighted by molar-refractivity contribution is 5.89. The molecule has 7 heteroatoms. The van der Waals surface area contributed by atoms with Crippen LogP contribution >= 0.6 is 0 Å². The first kappa shape index (κ1) is 16.4. The molecule has 126 valence electrons. The Morgan fingerprint density at radius 2 is 1.92 bits per heavy atom. The van der Waals surface area contributed by atoms with Gasteiger partial charge in [0.05, 0.1) is 29.2 Å². The molecule has 1 aromatic heterocycles. The van der Waals surface area contributed by atoms with Crippen LogP contribution < -0.4 is 5.43 Å². The van der Waals surface area contributed by atoms with Gasteiger partial charge >= 0.3 is 5.97 Å². The molecule has 0 atom stereocenters. The Bertz CT molecular complexity index is 958. The lowest BCUT2D eigenvalue weighted by molar-refractivity contribution is -0.120. The minimum absolute atomic E-state index is 0.112. The zero-order valence-corrected chi connectivity index (χ0v) is 13.5. The molecule has 0 saturated heterocycles. The summed E-state index contributed by atoms with van der Waals surface area (Å²) in [5, 5.41) is 12.7. The highest BCUT2D eigenvalue weighted by Gasteiger charge is 2.10. The second kappa shape index (κ2) is 6.96. The van der Waals surface area contributed by atoms with E-state index in [9.17, 15) is 9.59 Å². The van der Waals surface area contributed by atoms with Crippen molar-refractivity contribution in [3.8, 4) is 0 Å². The van der Waals surface area contributed by atoms with Crippen molar-refractivity contribution >= 4 is 29.1 Å². The number of aryl methyl sites for hydroxylation is 1. The number of amides is 1. The number of carboxylic acid groups (broad SMARTS) is 1. The Labute approximate surface area is 143 Å². The number of imidazole rings is 1. The highest BCUT2D eigenvalue weighted by Crippen LogP contribution is 2.14. The van der Waals surface area contributed by atoms with Gasteiger partial charge in [0.2, 0.25) is 5.91 Å². The maximum atomic E-state index is 12.0. The summed E-state index contributed by atoms with van der Waals surface area (Å²) in [4.78, 5) is 27.2. The van der Waals surface area contributed by atoms with Gasteiger partial charge in [-0.05, 0) is 29.8 Å². The van der Waals surface area contributed by atoms with Gasteiger partial charge in [-0.1, -0.05) is 24.3 Å². The Kier molecular flexibility index (Phi) is 4.56. The van der Waals surface area contributed by atoms with Crippen LogP contribution in [0.25, 0.3) is 11.0 Å². The molecule has 0 aliphatic rings. The van der Waals surface area contributed by atoms with Crippen LogP contribution in [0.1, 0.15) is 21.7 Å². The number of carboxylic acids is 1. The van der Waals surface area contributed by atoms with Crippen molar-refractivity contribution in [1.82, 2.24) is 15.0 Å². The number of nitrogens with one attached hydrogen (secondary N) is 1. The van der Waals surface area contributed by atoms with Crippen LogP contribution in [-0.4, -0.2) is 32.7 Å². The molecule has 0 bridgehead atoms. The smallest absolute Gasteiger partial charge is 0.335 e. The molecular formula is C18H16N4O3. The van der Waals surface area contributed by atoms with E-state index in [-0.39, 0.29) is 17.9 Å². The third kappa shape index (κ3) is 3.72. The lowest BCUT2D eigenvalue weighted by atomic mass is 10.1. The summed E-state index contributed by atoms with van der Waals surface area (Å²) in [6.45, 7) is 0. The van der Waals surface area contributed by atoms with E-state index in [4.69, 9.17) is 5.11 Å². The first-order valence-electron chi connectivity index (χ1n) is 7.60. The molecule has 0 aliphatic carbocycles. The summed E-state index contributed by atoms with van der Waals surface area (Å²) in [5.41, 5.74) is 5.14. The minimum atomic E-state index is -0.987. The van der Waals surface area contributed by atoms with Gasteiger partial charge in [0.1, 0.15) is 5.82 Å². The molecule has 0 spiro atoms. The summed E-state index contributed by atoms with van der Waals surface area (Å²) in [7, 11) is 1.87. The molecule has 1 amide bonds. The fourth-order valence-corrected chi connectivity index (χ4v) is 2.43.